The molecule has 0 bridgehead atoms. The molecule has 1 N–H and O–H groups in total. The Bertz CT molecular complexity index is 791. The molecule has 0 fully saturated rings. The molecule has 18 heavy (non-hydrogen) atoms. The van der Waals surface area contributed by atoms with Crippen molar-refractivity contribution in [2.24, 2.45) is 0 Å². The number of thiazole rings is 1. The fourth-order valence-electron chi connectivity index (χ4n) is 1.82. The lowest BCUT2D eigenvalue weighted by molar-refractivity contribution is 1.25. The van der Waals surface area contributed by atoms with Crippen LogP contribution in [-0.4, -0.2) is 9.97 Å². The van der Waals surface area contributed by atoms with E-state index in [2.05, 4.69) is 25.9 Å². The monoisotopic (exact) mass is 320 g/mol. The molecule has 0 unspecified atom stereocenters. The number of nitrogens with zero attached hydrogens (tertiary/aromatic N) is 1. The van der Waals surface area contributed by atoms with E-state index in [1.54, 1.807) is 6.20 Å². The molecule has 0 atom stereocenters. The van der Waals surface area contributed by atoms with Crippen LogP contribution in [0.25, 0.3) is 20.8 Å². The fraction of sp³-hybridized carbons (Fsp3) is 0.0769. The molecule has 0 amide bonds. The molecule has 1 aromatic carbocycles. The highest BCUT2D eigenvalue weighted by atomic mass is 79.9. The van der Waals surface area contributed by atoms with Gasteiger partial charge in [0.2, 0.25) is 0 Å². The molecule has 2 heterocycles. The second kappa shape index (κ2) is 4.33. The first-order valence-corrected chi connectivity index (χ1v) is 7.01. The molecule has 0 aliphatic carbocycles. The molecule has 0 radical (unpaired) electrons. The smallest absolute Gasteiger partial charge is 0.275 e. The Balaban J connectivity index is 2.29. The third-order valence-corrected chi connectivity index (χ3v) is 4.73. The van der Waals surface area contributed by atoms with Crippen LogP contribution in [0.5, 0.6) is 0 Å². The molecule has 2 aromatic heterocycles. The van der Waals surface area contributed by atoms with Gasteiger partial charge in [-0.15, -0.1) is 11.3 Å². The molecule has 3 rings (SSSR count). The number of nitrogens with one attached hydrogen (secondary N) is 1. The molecule has 90 valence electrons. The van der Waals surface area contributed by atoms with Crippen molar-refractivity contribution < 1.29 is 0 Å². The van der Waals surface area contributed by atoms with Crippen LogP contribution in [-0.2, 0) is 0 Å². The Kier molecular flexibility index (Phi) is 2.80. The van der Waals surface area contributed by atoms with E-state index in [1.807, 2.05) is 31.2 Å². The van der Waals surface area contributed by atoms with Gasteiger partial charge in [0, 0.05) is 16.2 Å². The topological polar surface area (TPSA) is 45.8 Å². The molecule has 5 heteroatoms. The average molecular weight is 321 g/mol. The van der Waals surface area contributed by atoms with E-state index in [1.165, 1.54) is 11.3 Å². The summed E-state index contributed by atoms with van der Waals surface area (Å²) in [5.41, 5.74) is 2.57. The summed E-state index contributed by atoms with van der Waals surface area (Å²) in [4.78, 5) is 18.7. The van der Waals surface area contributed by atoms with Crippen molar-refractivity contribution in [2.75, 3.05) is 0 Å². The van der Waals surface area contributed by atoms with Gasteiger partial charge in [-0.25, -0.2) is 4.98 Å². The van der Waals surface area contributed by atoms with Gasteiger partial charge in [0.05, 0.1) is 4.70 Å². The van der Waals surface area contributed by atoms with Crippen LogP contribution in [0.1, 0.15) is 5.56 Å². The van der Waals surface area contributed by atoms with Gasteiger partial charge in [0.1, 0.15) is 10.5 Å². The minimum absolute atomic E-state index is 0.136. The SMILES string of the molecule is Cc1c(Br)cccc1-c1nc2c(=O)[nH]ccc2s1. The maximum absolute atomic E-state index is 11.7. The van der Waals surface area contributed by atoms with Crippen LogP contribution in [0.2, 0.25) is 0 Å². The van der Waals surface area contributed by atoms with E-state index < -0.39 is 0 Å². The largest absolute Gasteiger partial charge is 0.327 e. The van der Waals surface area contributed by atoms with Gasteiger partial charge in [-0.05, 0) is 24.6 Å². The molecule has 0 saturated carbocycles. The number of hydrogen-bond acceptors (Lipinski definition) is 3. The first kappa shape index (κ1) is 11.6. The normalized spacial score (nSPS) is 11.0. The number of aromatic amines is 1. The highest BCUT2D eigenvalue weighted by molar-refractivity contribution is 9.10. The zero-order valence-electron chi connectivity index (χ0n) is 9.53. The summed E-state index contributed by atoms with van der Waals surface area (Å²) < 4.78 is 1.96. The molecule has 0 aliphatic heterocycles. The summed E-state index contributed by atoms with van der Waals surface area (Å²) in [7, 11) is 0. The Morgan fingerprint density at radius 3 is 2.94 bits per heavy atom. The van der Waals surface area contributed by atoms with Gasteiger partial charge in [-0.1, -0.05) is 28.1 Å². The lowest BCUT2D eigenvalue weighted by Gasteiger charge is -2.03. The Morgan fingerprint density at radius 2 is 2.17 bits per heavy atom. The Hall–Kier alpha value is -1.46. The molecule has 0 saturated heterocycles. The number of benzene rings is 1. The molecule has 0 spiro atoms. The molecule has 3 aromatic rings. The van der Waals surface area contributed by atoms with Crippen molar-refractivity contribution in [1.29, 1.82) is 0 Å². The number of H-pyrrole nitrogens is 1. The first-order valence-electron chi connectivity index (χ1n) is 5.40. The lowest BCUT2D eigenvalue weighted by atomic mass is 10.1. The number of hydrogen-bond donors (Lipinski definition) is 1. The van der Waals surface area contributed by atoms with Gasteiger partial charge in [0.15, 0.2) is 0 Å². The third kappa shape index (κ3) is 1.79. The highest BCUT2D eigenvalue weighted by Gasteiger charge is 2.11. The van der Waals surface area contributed by atoms with Crippen molar-refractivity contribution in [2.45, 2.75) is 6.92 Å². The van der Waals surface area contributed by atoms with Gasteiger partial charge in [0.25, 0.3) is 5.56 Å². The second-order valence-corrected chi connectivity index (χ2v) is 5.84. The van der Waals surface area contributed by atoms with Crippen LogP contribution in [0.3, 0.4) is 0 Å². The van der Waals surface area contributed by atoms with E-state index in [9.17, 15) is 4.79 Å². The highest BCUT2D eigenvalue weighted by Crippen LogP contribution is 2.33. The fourth-order valence-corrected chi connectivity index (χ4v) is 3.24. The van der Waals surface area contributed by atoms with Crippen LogP contribution in [0, 0.1) is 6.92 Å². The number of aromatic nitrogens is 2. The van der Waals surface area contributed by atoms with E-state index >= 15 is 0 Å². The predicted molar refractivity (Wildman–Crippen MR) is 78.1 cm³/mol. The molecular formula is C13H9BrN2OS. The van der Waals surface area contributed by atoms with Crippen molar-refractivity contribution >= 4 is 37.5 Å². The van der Waals surface area contributed by atoms with Crippen LogP contribution >= 0.6 is 27.3 Å². The Labute approximate surface area is 116 Å². The summed E-state index contributed by atoms with van der Waals surface area (Å²) in [6, 6.07) is 7.87. The minimum Gasteiger partial charge on any atom is -0.327 e. The van der Waals surface area contributed by atoms with Crippen molar-refractivity contribution in [3.05, 3.63) is 50.9 Å². The van der Waals surface area contributed by atoms with Crippen molar-refractivity contribution in [1.82, 2.24) is 9.97 Å². The summed E-state index contributed by atoms with van der Waals surface area (Å²) in [6.07, 6.45) is 1.65. The average Bonchev–Trinajstić information content (AvgIpc) is 2.78. The minimum atomic E-state index is -0.136. The van der Waals surface area contributed by atoms with E-state index in [4.69, 9.17) is 0 Å². The van der Waals surface area contributed by atoms with Crippen molar-refractivity contribution in [3.63, 3.8) is 0 Å². The summed E-state index contributed by atoms with van der Waals surface area (Å²) in [5.74, 6) is 0. The first-order chi connectivity index (χ1) is 8.66. The van der Waals surface area contributed by atoms with Crippen molar-refractivity contribution in [3.8, 4) is 10.6 Å². The van der Waals surface area contributed by atoms with Crippen LogP contribution in [0.15, 0.2) is 39.7 Å². The number of fused-ring (bicyclic) bond motifs is 1. The van der Waals surface area contributed by atoms with E-state index in [0.29, 0.717) is 5.52 Å². The van der Waals surface area contributed by atoms with E-state index in [-0.39, 0.29) is 5.56 Å². The maximum atomic E-state index is 11.7. The summed E-state index contributed by atoms with van der Waals surface area (Å²) in [6.45, 7) is 2.04. The number of pyridine rings is 1. The lowest BCUT2D eigenvalue weighted by Crippen LogP contribution is -2.03. The van der Waals surface area contributed by atoms with Crippen LogP contribution in [0.4, 0.5) is 0 Å². The second-order valence-electron chi connectivity index (χ2n) is 3.95. The molecule has 0 aliphatic rings. The van der Waals surface area contributed by atoms with E-state index in [0.717, 1.165) is 25.3 Å². The Morgan fingerprint density at radius 1 is 1.33 bits per heavy atom. The zero-order chi connectivity index (χ0) is 12.7. The number of halogens is 1. The predicted octanol–water partition coefficient (Wildman–Crippen LogP) is 3.72. The third-order valence-electron chi connectivity index (χ3n) is 2.82. The van der Waals surface area contributed by atoms with Gasteiger partial charge >= 0.3 is 0 Å². The summed E-state index contributed by atoms with van der Waals surface area (Å²) >= 11 is 5.05. The number of rotatable bonds is 1. The molecular weight excluding hydrogens is 312 g/mol. The standard InChI is InChI=1S/C13H9BrN2OS/c1-7-8(3-2-4-9(7)14)13-16-11-10(18-13)5-6-15-12(11)17/h2-6H,1H3,(H,15,17). The quantitative estimate of drug-likeness (QED) is 0.742. The molecule has 3 nitrogen and oxygen atoms in total. The van der Waals surface area contributed by atoms with Crippen LogP contribution < -0.4 is 5.56 Å². The zero-order valence-corrected chi connectivity index (χ0v) is 11.9. The van der Waals surface area contributed by atoms with Gasteiger partial charge in [-0.2, -0.15) is 0 Å². The summed E-state index contributed by atoms with van der Waals surface area (Å²) in [5, 5.41) is 0.875. The van der Waals surface area contributed by atoms with Gasteiger partial charge < -0.3 is 4.98 Å². The maximum Gasteiger partial charge on any atom is 0.275 e. The van der Waals surface area contributed by atoms with Gasteiger partial charge in [-0.3, -0.25) is 4.79 Å².